The van der Waals surface area contributed by atoms with Crippen LogP contribution in [0.2, 0.25) is 0 Å². The van der Waals surface area contributed by atoms with E-state index in [0.717, 1.165) is 38.9 Å². The molecule has 0 aliphatic carbocycles. The smallest absolute Gasteiger partial charge is 0.238 e. The number of hydrogen-bond donors (Lipinski definition) is 1. The van der Waals surface area contributed by atoms with E-state index in [1.165, 1.54) is 6.07 Å². The minimum absolute atomic E-state index is 0.166. The molecular weight excluding hydrogens is 318 g/mol. The van der Waals surface area contributed by atoms with Gasteiger partial charge < -0.3 is 0 Å². The zero-order valence-corrected chi connectivity index (χ0v) is 13.8. The molecule has 5 nitrogen and oxygen atoms in total. The molecule has 0 atom stereocenters. The molecule has 0 saturated heterocycles. The third kappa shape index (κ3) is 2.83. The van der Waals surface area contributed by atoms with E-state index in [2.05, 4.69) is 5.10 Å². The molecule has 1 aromatic carbocycles. The Bertz CT molecular complexity index is 939. The van der Waals surface area contributed by atoms with Crippen LogP contribution in [0, 0.1) is 13.8 Å². The van der Waals surface area contributed by atoms with Crippen molar-refractivity contribution in [2.75, 3.05) is 0 Å². The molecule has 7 heteroatoms. The van der Waals surface area contributed by atoms with E-state index < -0.39 is 10.0 Å². The summed E-state index contributed by atoms with van der Waals surface area (Å²) < 4.78 is 24.8. The average Bonchev–Trinajstić information content (AvgIpc) is 3.05. The lowest BCUT2D eigenvalue weighted by Gasteiger charge is -2.06. The highest BCUT2D eigenvalue weighted by Gasteiger charge is 2.13. The molecule has 114 valence electrons. The second-order valence-electron chi connectivity index (χ2n) is 5.05. The highest BCUT2D eigenvalue weighted by Crippen LogP contribution is 2.31. The van der Waals surface area contributed by atoms with Crippen molar-refractivity contribution >= 4 is 21.4 Å². The van der Waals surface area contributed by atoms with Crippen LogP contribution < -0.4 is 5.14 Å². The number of sulfonamides is 1. The van der Waals surface area contributed by atoms with Gasteiger partial charge in [0, 0.05) is 10.6 Å². The Hall–Kier alpha value is -1.96. The van der Waals surface area contributed by atoms with Gasteiger partial charge in [0.25, 0.3) is 0 Å². The molecule has 0 saturated carbocycles. The van der Waals surface area contributed by atoms with E-state index in [1.807, 2.05) is 48.9 Å². The van der Waals surface area contributed by atoms with Crippen LogP contribution in [0.15, 0.2) is 46.7 Å². The van der Waals surface area contributed by atoms with E-state index >= 15 is 0 Å². The number of nitrogens with zero attached hydrogens (tertiary/aromatic N) is 2. The monoisotopic (exact) mass is 333 g/mol. The van der Waals surface area contributed by atoms with Gasteiger partial charge in [0.2, 0.25) is 10.0 Å². The first-order valence-corrected chi connectivity index (χ1v) is 8.97. The van der Waals surface area contributed by atoms with Crippen LogP contribution in [-0.2, 0) is 10.0 Å². The fourth-order valence-corrected chi connectivity index (χ4v) is 4.03. The van der Waals surface area contributed by atoms with Crippen molar-refractivity contribution in [3.05, 3.63) is 53.9 Å². The fourth-order valence-electron chi connectivity index (χ4n) is 2.31. The lowest BCUT2D eigenvalue weighted by Crippen LogP contribution is -2.09. The summed E-state index contributed by atoms with van der Waals surface area (Å²) in [6, 6.07) is 13.1. The molecular formula is C15H15N3O2S2. The molecule has 0 unspecified atom stereocenters. The molecule has 0 spiro atoms. The Kier molecular flexibility index (Phi) is 3.64. The first kappa shape index (κ1) is 15.0. The van der Waals surface area contributed by atoms with Gasteiger partial charge in [0.15, 0.2) is 0 Å². The second kappa shape index (κ2) is 5.35. The summed E-state index contributed by atoms with van der Waals surface area (Å²) >= 11 is 1.16. The number of primary sulfonamides is 1. The Labute approximate surface area is 133 Å². The van der Waals surface area contributed by atoms with Gasteiger partial charge in [-0.3, -0.25) is 0 Å². The van der Waals surface area contributed by atoms with Gasteiger partial charge in [-0.1, -0.05) is 12.1 Å². The Morgan fingerprint density at radius 3 is 2.50 bits per heavy atom. The summed E-state index contributed by atoms with van der Waals surface area (Å²) in [5.74, 6) is 0. The van der Waals surface area contributed by atoms with Gasteiger partial charge >= 0.3 is 0 Å². The Morgan fingerprint density at radius 2 is 1.91 bits per heavy atom. The largest absolute Gasteiger partial charge is 0.247 e. The first-order valence-electron chi connectivity index (χ1n) is 6.61. The number of nitrogens with two attached hydrogens (primary N) is 1. The maximum Gasteiger partial charge on any atom is 0.247 e. The molecule has 2 heterocycles. The molecule has 2 N–H and O–H groups in total. The normalized spacial score (nSPS) is 11.8. The number of thiophene rings is 1. The van der Waals surface area contributed by atoms with E-state index in [-0.39, 0.29) is 4.21 Å². The minimum atomic E-state index is -3.65. The van der Waals surface area contributed by atoms with Gasteiger partial charge in [-0.2, -0.15) is 5.10 Å². The van der Waals surface area contributed by atoms with Crippen molar-refractivity contribution in [2.24, 2.45) is 5.14 Å². The zero-order chi connectivity index (χ0) is 15.9. The van der Waals surface area contributed by atoms with E-state index in [9.17, 15) is 8.42 Å². The number of benzene rings is 1. The quantitative estimate of drug-likeness (QED) is 0.800. The number of aromatic nitrogens is 2. The molecule has 3 rings (SSSR count). The van der Waals surface area contributed by atoms with Crippen LogP contribution in [0.25, 0.3) is 16.1 Å². The lowest BCUT2D eigenvalue weighted by molar-refractivity contribution is 0.600. The summed E-state index contributed by atoms with van der Waals surface area (Å²) in [7, 11) is -3.65. The summed E-state index contributed by atoms with van der Waals surface area (Å²) in [4.78, 5) is 0.854. The fraction of sp³-hybridized carbons (Fsp3) is 0.133. The number of aryl methyl sites for hydroxylation is 2. The molecule has 0 aliphatic rings. The standard InChI is InChI=1S/C15H15N3O2S2/c1-10-8-11(2)18(17-10)13-5-3-4-12(9-13)14-6-7-15(21-14)22(16,19)20/h3-9H,1-2H3,(H2,16,19,20). The highest BCUT2D eigenvalue weighted by molar-refractivity contribution is 7.91. The predicted molar refractivity (Wildman–Crippen MR) is 87.7 cm³/mol. The maximum atomic E-state index is 11.4. The number of hydrogen-bond acceptors (Lipinski definition) is 4. The van der Waals surface area contributed by atoms with Crippen LogP contribution in [0.1, 0.15) is 11.4 Å². The van der Waals surface area contributed by atoms with Gasteiger partial charge in [-0.05, 0) is 49.7 Å². The molecule has 0 aliphatic heterocycles. The Balaban J connectivity index is 2.05. The Morgan fingerprint density at radius 1 is 1.14 bits per heavy atom. The highest BCUT2D eigenvalue weighted by atomic mass is 32.2. The molecule has 3 aromatic rings. The van der Waals surface area contributed by atoms with Crippen molar-refractivity contribution < 1.29 is 8.42 Å². The molecule has 22 heavy (non-hydrogen) atoms. The molecule has 0 fully saturated rings. The zero-order valence-electron chi connectivity index (χ0n) is 12.1. The minimum Gasteiger partial charge on any atom is -0.238 e. The van der Waals surface area contributed by atoms with Crippen molar-refractivity contribution in [1.29, 1.82) is 0 Å². The molecule has 0 radical (unpaired) electrons. The van der Waals surface area contributed by atoms with Crippen molar-refractivity contribution in [3.63, 3.8) is 0 Å². The molecule has 2 aromatic heterocycles. The van der Waals surface area contributed by atoms with Gasteiger partial charge in [0.1, 0.15) is 4.21 Å². The average molecular weight is 333 g/mol. The summed E-state index contributed by atoms with van der Waals surface area (Å²) in [5, 5.41) is 9.62. The molecule has 0 bridgehead atoms. The van der Waals surface area contributed by atoms with Gasteiger partial charge in [-0.15, -0.1) is 11.3 Å². The van der Waals surface area contributed by atoms with E-state index in [4.69, 9.17) is 5.14 Å². The van der Waals surface area contributed by atoms with Crippen molar-refractivity contribution in [2.45, 2.75) is 18.1 Å². The lowest BCUT2D eigenvalue weighted by atomic mass is 10.1. The van der Waals surface area contributed by atoms with Crippen LogP contribution in [0.5, 0.6) is 0 Å². The first-order chi connectivity index (χ1) is 10.3. The van der Waals surface area contributed by atoms with Crippen LogP contribution >= 0.6 is 11.3 Å². The third-order valence-electron chi connectivity index (χ3n) is 3.25. The van der Waals surface area contributed by atoms with Crippen LogP contribution in [0.4, 0.5) is 0 Å². The summed E-state index contributed by atoms with van der Waals surface area (Å²) in [6.07, 6.45) is 0. The van der Waals surface area contributed by atoms with Gasteiger partial charge in [0.05, 0.1) is 11.4 Å². The van der Waals surface area contributed by atoms with Crippen molar-refractivity contribution in [3.8, 4) is 16.1 Å². The summed E-state index contributed by atoms with van der Waals surface area (Å²) in [5.41, 5.74) is 3.88. The molecule has 0 amide bonds. The number of rotatable bonds is 3. The van der Waals surface area contributed by atoms with E-state index in [0.29, 0.717) is 0 Å². The predicted octanol–water partition coefficient (Wildman–Crippen LogP) is 2.87. The van der Waals surface area contributed by atoms with Crippen molar-refractivity contribution in [1.82, 2.24) is 9.78 Å². The topological polar surface area (TPSA) is 78.0 Å². The summed E-state index contributed by atoms with van der Waals surface area (Å²) in [6.45, 7) is 3.95. The SMILES string of the molecule is Cc1cc(C)n(-c2cccc(-c3ccc(S(N)(=O)=O)s3)c2)n1. The maximum absolute atomic E-state index is 11.4. The third-order valence-corrected chi connectivity index (χ3v) is 5.82. The van der Waals surface area contributed by atoms with Crippen LogP contribution in [-0.4, -0.2) is 18.2 Å². The second-order valence-corrected chi connectivity index (χ2v) is 7.92. The van der Waals surface area contributed by atoms with Crippen LogP contribution in [0.3, 0.4) is 0 Å². The van der Waals surface area contributed by atoms with Gasteiger partial charge in [-0.25, -0.2) is 18.2 Å². The van der Waals surface area contributed by atoms with E-state index in [1.54, 1.807) is 6.07 Å².